The first-order valence-electron chi connectivity index (χ1n) is 13.3. The zero-order chi connectivity index (χ0) is 26.8. The van der Waals surface area contributed by atoms with Crippen molar-refractivity contribution in [1.82, 2.24) is 30.1 Å². The quantitative estimate of drug-likeness (QED) is 0.341. The Bertz CT molecular complexity index is 1460. The number of aryl methyl sites for hydroxylation is 2. The van der Waals surface area contributed by atoms with Gasteiger partial charge in [0.2, 0.25) is 0 Å². The standard InChI is InChI=1S/C29H35FN6O2/c1-18(2)27(28-32-33-34-36(28)17-24-6-5-11-38-24)35(15-21-7-9-23(30)10-8-21)16-22-14-25-20(4)12-19(3)13-26(25)31-29(22)37/h7-10,12-14,18,24,27H,5-6,11,15-17H2,1-4H3,(H,31,37). The smallest absolute Gasteiger partial charge is 0.252 e. The van der Waals surface area contributed by atoms with Gasteiger partial charge in [-0.15, -0.1) is 5.10 Å². The fraction of sp³-hybridized carbons (Fsp3) is 0.448. The number of aromatic nitrogens is 5. The maximum absolute atomic E-state index is 13.7. The summed E-state index contributed by atoms with van der Waals surface area (Å²) in [6, 6.07) is 12.4. The fourth-order valence-electron chi connectivity index (χ4n) is 5.55. The molecule has 1 aliphatic rings. The zero-order valence-electron chi connectivity index (χ0n) is 22.4. The lowest BCUT2D eigenvalue weighted by Gasteiger charge is -2.33. The highest BCUT2D eigenvalue weighted by Crippen LogP contribution is 2.31. The minimum Gasteiger partial charge on any atom is -0.376 e. The predicted octanol–water partition coefficient (Wildman–Crippen LogP) is 4.85. The van der Waals surface area contributed by atoms with Crippen LogP contribution in [0.25, 0.3) is 10.9 Å². The second-order valence-corrected chi connectivity index (χ2v) is 10.7. The minimum atomic E-state index is -0.280. The summed E-state index contributed by atoms with van der Waals surface area (Å²) >= 11 is 0. The summed E-state index contributed by atoms with van der Waals surface area (Å²) in [5, 5.41) is 13.8. The van der Waals surface area contributed by atoms with Crippen LogP contribution in [0.2, 0.25) is 0 Å². The molecule has 9 heteroatoms. The van der Waals surface area contributed by atoms with E-state index in [-0.39, 0.29) is 29.4 Å². The second-order valence-electron chi connectivity index (χ2n) is 10.7. The van der Waals surface area contributed by atoms with Crippen LogP contribution < -0.4 is 5.56 Å². The minimum absolute atomic E-state index is 0.0883. The molecule has 2 aromatic heterocycles. The molecule has 0 aliphatic carbocycles. The number of tetrazole rings is 1. The van der Waals surface area contributed by atoms with E-state index in [1.54, 1.807) is 12.1 Å². The molecular weight excluding hydrogens is 483 g/mol. The van der Waals surface area contributed by atoms with Gasteiger partial charge in [0.25, 0.3) is 5.56 Å². The summed E-state index contributed by atoms with van der Waals surface area (Å²) in [5.41, 5.74) is 4.54. The molecule has 2 aromatic carbocycles. The van der Waals surface area contributed by atoms with Gasteiger partial charge in [-0.3, -0.25) is 9.69 Å². The summed E-state index contributed by atoms with van der Waals surface area (Å²) in [6.45, 7) is 10.6. The lowest BCUT2D eigenvalue weighted by atomic mass is 9.99. The van der Waals surface area contributed by atoms with Gasteiger partial charge in [-0.2, -0.15) is 0 Å². The Morgan fingerprint density at radius 1 is 1.16 bits per heavy atom. The Morgan fingerprint density at radius 2 is 1.95 bits per heavy atom. The molecule has 3 heterocycles. The number of nitrogens with zero attached hydrogens (tertiary/aromatic N) is 5. The van der Waals surface area contributed by atoms with Crippen LogP contribution in [0, 0.1) is 25.6 Å². The Balaban J connectivity index is 1.55. The van der Waals surface area contributed by atoms with Crippen LogP contribution in [0.15, 0.2) is 47.3 Å². The van der Waals surface area contributed by atoms with Crippen molar-refractivity contribution >= 4 is 10.9 Å². The molecule has 1 N–H and O–H groups in total. The maximum Gasteiger partial charge on any atom is 0.252 e. The van der Waals surface area contributed by atoms with Crippen LogP contribution >= 0.6 is 0 Å². The van der Waals surface area contributed by atoms with E-state index in [1.807, 2.05) is 23.7 Å². The highest BCUT2D eigenvalue weighted by molar-refractivity contribution is 5.83. The first-order chi connectivity index (χ1) is 18.3. The molecule has 0 radical (unpaired) electrons. The largest absolute Gasteiger partial charge is 0.376 e. The van der Waals surface area contributed by atoms with Crippen LogP contribution in [0.4, 0.5) is 4.39 Å². The van der Waals surface area contributed by atoms with E-state index in [0.717, 1.165) is 52.9 Å². The van der Waals surface area contributed by atoms with Gasteiger partial charge in [0, 0.05) is 36.2 Å². The molecule has 0 bridgehead atoms. The number of nitrogens with one attached hydrogen (secondary N) is 1. The summed E-state index contributed by atoms with van der Waals surface area (Å²) in [4.78, 5) is 18.6. The summed E-state index contributed by atoms with van der Waals surface area (Å²) in [5.74, 6) is 0.591. The van der Waals surface area contributed by atoms with E-state index in [0.29, 0.717) is 25.2 Å². The van der Waals surface area contributed by atoms with Crippen molar-refractivity contribution in [3.8, 4) is 0 Å². The van der Waals surface area contributed by atoms with Gasteiger partial charge in [0.15, 0.2) is 5.82 Å². The monoisotopic (exact) mass is 518 g/mol. The normalized spacial score (nSPS) is 16.7. The second kappa shape index (κ2) is 11.1. The molecule has 200 valence electrons. The number of hydrogen-bond acceptors (Lipinski definition) is 6. The Hall–Kier alpha value is -3.43. The Morgan fingerprint density at radius 3 is 2.66 bits per heavy atom. The van der Waals surface area contributed by atoms with Crippen LogP contribution in [-0.4, -0.2) is 42.8 Å². The number of aromatic amines is 1. The number of ether oxygens (including phenoxy) is 1. The van der Waals surface area contributed by atoms with Crippen molar-refractivity contribution in [3.05, 3.63) is 86.7 Å². The molecule has 2 atom stereocenters. The number of pyridine rings is 1. The summed E-state index contributed by atoms with van der Waals surface area (Å²) < 4.78 is 21.4. The van der Waals surface area contributed by atoms with Gasteiger partial charge in [-0.1, -0.05) is 32.0 Å². The van der Waals surface area contributed by atoms with Crippen LogP contribution in [-0.2, 0) is 24.4 Å². The summed E-state index contributed by atoms with van der Waals surface area (Å²) in [6.07, 6.45) is 2.11. The van der Waals surface area contributed by atoms with Gasteiger partial charge >= 0.3 is 0 Å². The third-order valence-electron chi connectivity index (χ3n) is 7.31. The molecule has 4 aromatic rings. The lowest BCUT2D eigenvalue weighted by Crippen LogP contribution is -2.36. The highest BCUT2D eigenvalue weighted by Gasteiger charge is 2.31. The number of rotatable bonds is 9. The van der Waals surface area contributed by atoms with Gasteiger partial charge < -0.3 is 9.72 Å². The molecule has 0 saturated carbocycles. The van der Waals surface area contributed by atoms with Crippen molar-refractivity contribution in [2.75, 3.05) is 6.61 Å². The van der Waals surface area contributed by atoms with Crippen molar-refractivity contribution < 1.29 is 9.13 Å². The van der Waals surface area contributed by atoms with Crippen molar-refractivity contribution in [1.29, 1.82) is 0 Å². The fourth-order valence-corrected chi connectivity index (χ4v) is 5.55. The van der Waals surface area contributed by atoms with E-state index < -0.39 is 0 Å². The van der Waals surface area contributed by atoms with Crippen molar-refractivity contribution in [2.45, 2.75) is 72.3 Å². The van der Waals surface area contributed by atoms with E-state index in [9.17, 15) is 9.18 Å². The molecule has 38 heavy (non-hydrogen) atoms. The average molecular weight is 519 g/mol. The van der Waals surface area contributed by atoms with E-state index in [1.165, 1.54) is 12.1 Å². The number of benzene rings is 2. The van der Waals surface area contributed by atoms with Crippen molar-refractivity contribution in [3.63, 3.8) is 0 Å². The number of hydrogen-bond donors (Lipinski definition) is 1. The first-order valence-corrected chi connectivity index (χ1v) is 13.3. The highest BCUT2D eigenvalue weighted by atomic mass is 19.1. The van der Waals surface area contributed by atoms with Gasteiger partial charge in [0.05, 0.1) is 18.7 Å². The van der Waals surface area contributed by atoms with Gasteiger partial charge in [-0.25, -0.2) is 9.07 Å². The SMILES string of the molecule is Cc1cc(C)c2cc(CN(Cc3ccc(F)cc3)C(c3nnnn3CC3CCCO3)C(C)C)c(=O)[nH]c2c1. The molecule has 0 spiro atoms. The van der Waals surface area contributed by atoms with E-state index >= 15 is 0 Å². The molecule has 1 saturated heterocycles. The van der Waals surface area contributed by atoms with E-state index in [4.69, 9.17) is 4.74 Å². The molecule has 1 fully saturated rings. The van der Waals surface area contributed by atoms with Crippen LogP contribution in [0.3, 0.4) is 0 Å². The van der Waals surface area contributed by atoms with Gasteiger partial charge in [-0.05, 0) is 84.0 Å². The Kier molecular flexibility index (Phi) is 7.67. The third-order valence-corrected chi connectivity index (χ3v) is 7.31. The number of halogens is 1. The predicted molar refractivity (Wildman–Crippen MR) is 144 cm³/mol. The molecule has 0 amide bonds. The first kappa shape index (κ1) is 26.2. The Labute approximate surface area is 221 Å². The molecular formula is C29H35FN6O2. The molecule has 8 nitrogen and oxygen atoms in total. The molecule has 5 rings (SSSR count). The van der Waals surface area contributed by atoms with Crippen LogP contribution in [0.5, 0.6) is 0 Å². The molecule has 2 unspecified atom stereocenters. The molecule has 1 aliphatic heterocycles. The third kappa shape index (κ3) is 5.68. The van der Waals surface area contributed by atoms with Crippen LogP contribution in [0.1, 0.15) is 60.8 Å². The average Bonchev–Trinajstić information content (AvgIpc) is 3.54. The van der Waals surface area contributed by atoms with Crippen molar-refractivity contribution in [2.24, 2.45) is 5.92 Å². The number of fused-ring (bicyclic) bond motifs is 1. The zero-order valence-corrected chi connectivity index (χ0v) is 22.4. The maximum atomic E-state index is 13.7. The van der Waals surface area contributed by atoms with E-state index in [2.05, 4.69) is 52.2 Å². The number of H-pyrrole nitrogens is 1. The topological polar surface area (TPSA) is 88.9 Å². The van der Waals surface area contributed by atoms with Gasteiger partial charge in [0.1, 0.15) is 5.82 Å². The lowest BCUT2D eigenvalue weighted by molar-refractivity contribution is 0.0851. The summed E-state index contributed by atoms with van der Waals surface area (Å²) in [7, 11) is 0.